The van der Waals surface area contributed by atoms with E-state index in [-0.39, 0.29) is 17.0 Å². The van der Waals surface area contributed by atoms with Crippen molar-refractivity contribution in [3.63, 3.8) is 0 Å². The monoisotopic (exact) mass is 433 g/mol. The van der Waals surface area contributed by atoms with Crippen LogP contribution in [0.4, 0.5) is 13.2 Å². The number of halogens is 3. The molecule has 7 nitrogen and oxygen atoms in total. The summed E-state index contributed by atoms with van der Waals surface area (Å²) < 4.78 is 47.8. The van der Waals surface area contributed by atoms with Crippen molar-refractivity contribution in [2.45, 2.75) is 44.8 Å². The molecule has 2 aromatic rings. The lowest BCUT2D eigenvalue weighted by Gasteiger charge is -2.37. The first-order valence-corrected chi connectivity index (χ1v) is 9.67. The minimum absolute atomic E-state index is 0.0808. The number of nitrogens with zero attached hydrogens (tertiary/aromatic N) is 3. The van der Waals surface area contributed by atoms with Crippen molar-refractivity contribution in [1.29, 1.82) is 0 Å². The Hall–Kier alpha value is -3.35. The molecule has 0 saturated carbocycles. The van der Waals surface area contributed by atoms with Crippen LogP contribution in [0.25, 0.3) is 11.1 Å². The van der Waals surface area contributed by atoms with Gasteiger partial charge in [0, 0.05) is 12.8 Å². The average molecular weight is 433 g/mol. The lowest BCUT2D eigenvalue weighted by molar-refractivity contribution is -0.180. The minimum atomic E-state index is -4.80. The number of benzene rings is 1. The van der Waals surface area contributed by atoms with Crippen LogP contribution in [0, 0.1) is 17.8 Å². The van der Waals surface area contributed by atoms with Crippen molar-refractivity contribution in [1.82, 2.24) is 25.9 Å². The zero-order valence-electron chi connectivity index (χ0n) is 17.3. The van der Waals surface area contributed by atoms with Gasteiger partial charge in [-0.05, 0) is 40.8 Å². The van der Waals surface area contributed by atoms with Gasteiger partial charge in [0.05, 0.1) is 12.7 Å². The van der Waals surface area contributed by atoms with E-state index >= 15 is 0 Å². The molecule has 1 unspecified atom stereocenters. The van der Waals surface area contributed by atoms with Crippen molar-refractivity contribution in [2.75, 3.05) is 7.11 Å². The smallest absolute Gasteiger partial charge is 0.423 e. The van der Waals surface area contributed by atoms with Gasteiger partial charge in [-0.3, -0.25) is 4.79 Å². The molecular weight excluding hydrogens is 411 g/mol. The third kappa shape index (κ3) is 4.71. The average Bonchev–Trinajstić information content (AvgIpc) is 3.24. The Kier molecular flexibility index (Phi) is 6.34. The molecule has 2 N–H and O–H groups in total. The summed E-state index contributed by atoms with van der Waals surface area (Å²) in [5, 5.41) is 15.3. The summed E-state index contributed by atoms with van der Waals surface area (Å²) in [6, 6.07) is 6.37. The van der Waals surface area contributed by atoms with Crippen LogP contribution in [0.15, 0.2) is 24.3 Å². The first-order chi connectivity index (χ1) is 14.7. The van der Waals surface area contributed by atoms with Crippen LogP contribution in [0.5, 0.6) is 5.75 Å². The van der Waals surface area contributed by atoms with Crippen molar-refractivity contribution in [3.05, 3.63) is 35.7 Å². The summed E-state index contributed by atoms with van der Waals surface area (Å²) in [6.07, 6.45) is -4.43. The van der Waals surface area contributed by atoms with Crippen molar-refractivity contribution in [2.24, 2.45) is 5.92 Å². The van der Waals surface area contributed by atoms with Crippen LogP contribution in [0.2, 0.25) is 0 Å². The topological polar surface area (TPSA) is 92.8 Å². The Balaban J connectivity index is 2.13. The fourth-order valence-electron chi connectivity index (χ4n) is 3.23. The number of hydrogen-bond donors (Lipinski definition) is 2. The number of tetrazole rings is 1. The number of aromatic amines is 1. The van der Waals surface area contributed by atoms with Crippen LogP contribution >= 0.6 is 0 Å². The number of ether oxygens (including phenoxy) is 1. The molecule has 1 amide bonds. The van der Waals surface area contributed by atoms with E-state index in [9.17, 15) is 18.0 Å². The molecule has 0 bridgehead atoms. The van der Waals surface area contributed by atoms with E-state index in [1.165, 1.54) is 7.11 Å². The predicted molar refractivity (Wildman–Crippen MR) is 107 cm³/mol. The van der Waals surface area contributed by atoms with E-state index in [1.54, 1.807) is 24.3 Å². The Morgan fingerprint density at radius 1 is 1.26 bits per heavy atom. The Morgan fingerprint density at radius 3 is 2.52 bits per heavy atom. The Bertz CT molecular complexity index is 1020. The van der Waals surface area contributed by atoms with E-state index in [0.717, 1.165) is 0 Å². The third-order valence-corrected chi connectivity index (χ3v) is 4.94. The number of alkyl halides is 3. The highest BCUT2D eigenvalue weighted by atomic mass is 19.4. The molecule has 164 valence electrons. The van der Waals surface area contributed by atoms with E-state index in [4.69, 9.17) is 4.74 Å². The molecule has 10 heteroatoms. The van der Waals surface area contributed by atoms with Gasteiger partial charge < -0.3 is 10.1 Å². The second-order valence-electron chi connectivity index (χ2n) is 7.59. The highest BCUT2D eigenvalue weighted by Gasteiger charge is 2.58. The zero-order chi connectivity index (χ0) is 22.6. The number of rotatable bonds is 5. The van der Waals surface area contributed by atoms with Crippen LogP contribution in [0.3, 0.4) is 0 Å². The Morgan fingerprint density at radius 2 is 1.97 bits per heavy atom. The molecule has 1 aliphatic rings. The SMILES string of the molecule is COc1ccc(C2=C(c3nn[nH]n3)C(=O)NC(C#CCCC(C)C)(C(F)(F)F)C2)cc1. The fourth-order valence-corrected chi connectivity index (χ4v) is 3.23. The molecular formula is C21H22F3N5O2. The maximum Gasteiger partial charge on any atom is 0.423 e. The summed E-state index contributed by atoms with van der Waals surface area (Å²) in [5.41, 5.74) is -2.26. The molecule has 1 atom stereocenters. The molecule has 31 heavy (non-hydrogen) atoms. The van der Waals surface area contributed by atoms with Crippen LogP contribution < -0.4 is 10.1 Å². The van der Waals surface area contributed by atoms with Gasteiger partial charge in [-0.15, -0.1) is 16.1 Å². The summed E-state index contributed by atoms with van der Waals surface area (Å²) in [4.78, 5) is 12.9. The summed E-state index contributed by atoms with van der Waals surface area (Å²) in [5.74, 6) is 4.71. The molecule has 0 saturated heterocycles. The van der Waals surface area contributed by atoms with Gasteiger partial charge in [0.2, 0.25) is 11.4 Å². The van der Waals surface area contributed by atoms with Crippen LogP contribution in [0.1, 0.15) is 44.5 Å². The van der Waals surface area contributed by atoms with Gasteiger partial charge >= 0.3 is 6.18 Å². The van der Waals surface area contributed by atoms with Gasteiger partial charge in [0.25, 0.3) is 5.91 Å². The molecule has 0 radical (unpaired) electrons. The van der Waals surface area contributed by atoms with E-state index in [1.807, 2.05) is 13.8 Å². The molecule has 1 aliphatic heterocycles. The van der Waals surface area contributed by atoms with Gasteiger partial charge in [-0.2, -0.15) is 18.4 Å². The van der Waals surface area contributed by atoms with Gasteiger partial charge in [-0.25, -0.2) is 0 Å². The van der Waals surface area contributed by atoms with E-state index < -0.39 is 24.0 Å². The number of hydrogen-bond acceptors (Lipinski definition) is 5. The van der Waals surface area contributed by atoms with Gasteiger partial charge in [0.1, 0.15) is 5.75 Å². The normalized spacial score (nSPS) is 19.1. The zero-order valence-corrected chi connectivity index (χ0v) is 17.3. The predicted octanol–water partition coefficient (Wildman–Crippen LogP) is 3.38. The van der Waals surface area contributed by atoms with Crippen molar-refractivity contribution < 1.29 is 22.7 Å². The highest BCUT2D eigenvalue weighted by Crippen LogP contribution is 2.43. The molecule has 1 aromatic heterocycles. The van der Waals surface area contributed by atoms with Gasteiger partial charge in [0.15, 0.2) is 0 Å². The summed E-state index contributed by atoms with van der Waals surface area (Å²) in [6.45, 7) is 3.93. The number of nitrogens with one attached hydrogen (secondary N) is 2. The summed E-state index contributed by atoms with van der Waals surface area (Å²) >= 11 is 0. The van der Waals surface area contributed by atoms with E-state index in [2.05, 4.69) is 37.8 Å². The third-order valence-electron chi connectivity index (χ3n) is 4.94. The van der Waals surface area contributed by atoms with Crippen LogP contribution in [-0.4, -0.2) is 45.4 Å². The standard InChI is InChI=1S/C21H22F3N5O2/c1-13(2)6-4-5-11-20(21(22,23)24)12-16(14-7-9-15(31-3)10-8-14)17(19(30)25-20)18-26-28-29-27-18/h7-10,13H,4,6,12H2,1-3H3,(H,25,30)(H,26,27,28,29). The van der Waals surface area contributed by atoms with Crippen LogP contribution in [-0.2, 0) is 4.79 Å². The first-order valence-electron chi connectivity index (χ1n) is 9.67. The highest BCUT2D eigenvalue weighted by molar-refractivity contribution is 6.27. The number of carbonyl (C=O) groups excluding carboxylic acids is 1. The quantitative estimate of drug-likeness (QED) is 0.706. The maximum absolute atomic E-state index is 14.2. The number of methoxy groups -OCH3 is 1. The Labute approximate surface area is 177 Å². The first kappa shape index (κ1) is 22.3. The second kappa shape index (κ2) is 8.79. The van der Waals surface area contributed by atoms with E-state index in [0.29, 0.717) is 30.1 Å². The fraction of sp³-hybridized carbons (Fsp3) is 0.429. The lowest BCUT2D eigenvalue weighted by Crippen LogP contribution is -2.60. The maximum atomic E-state index is 14.2. The molecule has 1 aromatic carbocycles. The second-order valence-corrected chi connectivity index (χ2v) is 7.59. The molecule has 0 spiro atoms. The molecule has 0 fully saturated rings. The summed E-state index contributed by atoms with van der Waals surface area (Å²) in [7, 11) is 1.48. The molecule has 3 rings (SSSR count). The van der Waals surface area contributed by atoms with Crippen molar-refractivity contribution in [3.8, 4) is 17.6 Å². The molecule has 2 heterocycles. The molecule has 0 aliphatic carbocycles. The number of carbonyl (C=O) groups is 1. The van der Waals surface area contributed by atoms with Gasteiger partial charge in [-0.1, -0.05) is 31.9 Å². The number of H-pyrrole nitrogens is 1. The lowest BCUT2D eigenvalue weighted by atomic mass is 9.80. The number of amides is 1. The minimum Gasteiger partial charge on any atom is -0.497 e. The largest absolute Gasteiger partial charge is 0.497 e. The van der Waals surface area contributed by atoms with Crippen molar-refractivity contribution >= 4 is 17.1 Å². The number of aromatic nitrogens is 4.